The maximum atomic E-state index is 12.7. The highest BCUT2D eigenvalue weighted by molar-refractivity contribution is 7.89. The monoisotopic (exact) mass is 381 g/mol. The SMILES string of the molecule is CCN(CCCOS(C)(=O)=O)S(=O)(=O)c1ccc(OC)c(OC)c1. The fourth-order valence-electron chi connectivity index (χ4n) is 2.03. The van der Waals surface area contributed by atoms with Crippen molar-refractivity contribution in [3.05, 3.63) is 18.2 Å². The van der Waals surface area contributed by atoms with Crippen molar-refractivity contribution in [2.45, 2.75) is 18.2 Å². The van der Waals surface area contributed by atoms with Crippen LogP contribution < -0.4 is 9.47 Å². The van der Waals surface area contributed by atoms with Gasteiger partial charge in [-0.15, -0.1) is 0 Å². The van der Waals surface area contributed by atoms with E-state index < -0.39 is 20.1 Å². The normalized spacial score (nSPS) is 12.4. The van der Waals surface area contributed by atoms with Crippen LogP contribution in [-0.2, 0) is 24.3 Å². The molecule has 0 radical (unpaired) electrons. The van der Waals surface area contributed by atoms with Gasteiger partial charge in [0.15, 0.2) is 11.5 Å². The van der Waals surface area contributed by atoms with Gasteiger partial charge in [-0.05, 0) is 18.6 Å². The number of methoxy groups -OCH3 is 2. The van der Waals surface area contributed by atoms with Crippen molar-refractivity contribution in [2.24, 2.45) is 0 Å². The van der Waals surface area contributed by atoms with Gasteiger partial charge in [0.05, 0.1) is 32.0 Å². The van der Waals surface area contributed by atoms with Crippen LogP contribution in [0.2, 0.25) is 0 Å². The minimum Gasteiger partial charge on any atom is -0.493 e. The van der Waals surface area contributed by atoms with Crippen LogP contribution >= 0.6 is 0 Å². The van der Waals surface area contributed by atoms with Gasteiger partial charge in [-0.3, -0.25) is 4.18 Å². The molecule has 0 heterocycles. The van der Waals surface area contributed by atoms with Crippen molar-refractivity contribution in [3.8, 4) is 11.5 Å². The third-order valence-corrected chi connectivity index (χ3v) is 5.76. The van der Waals surface area contributed by atoms with Crippen LogP contribution in [0.15, 0.2) is 23.1 Å². The maximum Gasteiger partial charge on any atom is 0.264 e. The Hall–Kier alpha value is -1.36. The van der Waals surface area contributed by atoms with E-state index in [1.165, 1.54) is 36.7 Å². The summed E-state index contributed by atoms with van der Waals surface area (Å²) in [4.78, 5) is 0.0750. The zero-order valence-corrected chi connectivity index (χ0v) is 15.8. The Bertz CT molecular complexity index is 744. The molecule has 0 atom stereocenters. The number of rotatable bonds is 10. The van der Waals surface area contributed by atoms with Crippen LogP contribution in [0.4, 0.5) is 0 Å². The highest BCUT2D eigenvalue weighted by Crippen LogP contribution is 2.30. The van der Waals surface area contributed by atoms with E-state index in [-0.39, 0.29) is 31.0 Å². The third kappa shape index (κ3) is 5.62. The molecule has 0 spiro atoms. The zero-order valence-electron chi connectivity index (χ0n) is 14.2. The molecule has 24 heavy (non-hydrogen) atoms. The quantitative estimate of drug-likeness (QED) is 0.442. The molecule has 0 bridgehead atoms. The second-order valence-electron chi connectivity index (χ2n) is 4.89. The van der Waals surface area contributed by atoms with Crippen LogP contribution in [0, 0.1) is 0 Å². The van der Waals surface area contributed by atoms with Gasteiger partial charge in [0, 0.05) is 19.2 Å². The molecule has 0 aliphatic rings. The molecule has 8 nitrogen and oxygen atoms in total. The molecule has 138 valence electrons. The van der Waals surface area contributed by atoms with E-state index in [0.29, 0.717) is 11.5 Å². The average Bonchev–Trinajstić information content (AvgIpc) is 2.52. The van der Waals surface area contributed by atoms with Crippen LogP contribution in [0.1, 0.15) is 13.3 Å². The Morgan fingerprint density at radius 3 is 2.17 bits per heavy atom. The zero-order chi connectivity index (χ0) is 18.4. The molecule has 0 unspecified atom stereocenters. The topological polar surface area (TPSA) is 99.2 Å². The molecule has 0 aliphatic heterocycles. The first-order valence-electron chi connectivity index (χ1n) is 7.22. The molecule has 0 amide bonds. The van der Waals surface area contributed by atoms with E-state index in [1.807, 2.05) is 0 Å². The van der Waals surface area contributed by atoms with Crippen molar-refractivity contribution in [1.29, 1.82) is 0 Å². The molecule has 0 N–H and O–H groups in total. The summed E-state index contributed by atoms with van der Waals surface area (Å²) in [5.74, 6) is 0.746. The lowest BCUT2D eigenvalue weighted by Crippen LogP contribution is -2.32. The molecule has 0 fully saturated rings. The van der Waals surface area contributed by atoms with E-state index in [0.717, 1.165) is 6.26 Å². The second-order valence-corrected chi connectivity index (χ2v) is 8.48. The molecule has 1 rings (SSSR count). The first kappa shape index (κ1) is 20.7. The maximum absolute atomic E-state index is 12.7. The van der Waals surface area contributed by atoms with Gasteiger partial charge in [-0.2, -0.15) is 12.7 Å². The van der Waals surface area contributed by atoms with Gasteiger partial charge in [-0.25, -0.2) is 8.42 Å². The fraction of sp³-hybridized carbons (Fsp3) is 0.571. The molecular formula is C14H23NO7S2. The summed E-state index contributed by atoms with van der Waals surface area (Å²) >= 11 is 0. The lowest BCUT2D eigenvalue weighted by Gasteiger charge is -2.21. The van der Waals surface area contributed by atoms with Gasteiger partial charge in [0.2, 0.25) is 10.0 Å². The van der Waals surface area contributed by atoms with Crippen molar-refractivity contribution in [3.63, 3.8) is 0 Å². The number of hydrogen-bond donors (Lipinski definition) is 0. The van der Waals surface area contributed by atoms with E-state index >= 15 is 0 Å². The summed E-state index contributed by atoms with van der Waals surface area (Å²) in [6.45, 7) is 2.02. The fourth-order valence-corrected chi connectivity index (χ4v) is 3.95. The average molecular weight is 381 g/mol. The Balaban J connectivity index is 2.91. The smallest absolute Gasteiger partial charge is 0.264 e. The molecule has 0 aromatic heterocycles. The third-order valence-electron chi connectivity index (χ3n) is 3.19. The number of nitrogens with zero attached hydrogens (tertiary/aromatic N) is 1. The summed E-state index contributed by atoms with van der Waals surface area (Å²) in [6.07, 6.45) is 1.21. The second kappa shape index (κ2) is 8.65. The molecule has 0 saturated heterocycles. The summed E-state index contributed by atoms with van der Waals surface area (Å²) < 4.78 is 63.3. The molecule has 0 saturated carbocycles. The van der Waals surface area contributed by atoms with Gasteiger partial charge in [-0.1, -0.05) is 6.92 Å². The lowest BCUT2D eigenvalue weighted by atomic mass is 10.3. The lowest BCUT2D eigenvalue weighted by molar-refractivity contribution is 0.296. The first-order valence-corrected chi connectivity index (χ1v) is 10.5. The Labute approximate surface area is 143 Å². The van der Waals surface area contributed by atoms with E-state index in [1.54, 1.807) is 6.92 Å². The van der Waals surface area contributed by atoms with Crippen LogP contribution in [0.5, 0.6) is 11.5 Å². The minimum absolute atomic E-state index is 0.0726. The highest BCUT2D eigenvalue weighted by atomic mass is 32.2. The van der Waals surface area contributed by atoms with Crippen LogP contribution in [0.25, 0.3) is 0 Å². The predicted molar refractivity (Wildman–Crippen MR) is 89.4 cm³/mol. The number of sulfonamides is 1. The summed E-state index contributed by atoms with van der Waals surface area (Å²) in [5.41, 5.74) is 0. The van der Waals surface area contributed by atoms with E-state index in [4.69, 9.17) is 9.47 Å². The molecule has 0 aliphatic carbocycles. The molecule has 1 aromatic carbocycles. The van der Waals surface area contributed by atoms with Crippen LogP contribution in [0.3, 0.4) is 0 Å². The van der Waals surface area contributed by atoms with Gasteiger partial charge >= 0.3 is 0 Å². The van der Waals surface area contributed by atoms with Crippen molar-refractivity contribution >= 4 is 20.1 Å². The van der Waals surface area contributed by atoms with Gasteiger partial charge in [0.25, 0.3) is 10.1 Å². The van der Waals surface area contributed by atoms with Gasteiger partial charge in [0.1, 0.15) is 0 Å². The minimum atomic E-state index is -3.73. The van der Waals surface area contributed by atoms with Crippen molar-refractivity contribution < 1.29 is 30.5 Å². The number of hydrogen-bond acceptors (Lipinski definition) is 7. The highest BCUT2D eigenvalue weighted by Gasteiger charge is 2.24. The first-order chi connectivity index (χ1) is 11.2. The van der Waals surface area contributed by atoms with E-state index in [2.05, 4.69) is 4.18 Å². The number of ether oxygens (including phenoxy) is 2. The Morgan fingerprint density at radius 2 is 1.67 bits per heavy atom. The molecule has 1 aromatic rings. The predicted octanol–water partition coefficient (Wildman–Crippen LogP) is 1.08. The molecular weight excluding hydrogens is 358 g/mol. The van der Waals surface area contributed by atoms with Crippen molar-refractivity contribution in [2.75, 3.05) is 40.2 Å². The van der Waals surface area contributed by atoms with Crippen molar-refractivity contribution in [1.82, 2.24) is 4.31 Å². The van der Waals surface area contributed by atoms with Crippen LogP contribution in [-0.4, -0.2) is 61.3 Å². The molecule has 10 heteroatoms. The van der Waals surface area contributed by atoms with E-state index in [9.17, 15) is 16.8 Å². The number of benzene rings is 1. The Morgan fingerprint density at radius 1 is 1.04 bits per heavy atom. The standard InChI is InChI=1S/C14H23NO7S2/c1-5-15(9-6-10-22-23(4,16)17)24(18,19)12-7-8-13(20-2)14(11-12)21-3/h7-8,11H,5-6,9-10H2,1-4H3. The Kier molecular flexibility index (Phi) is 7.46. The largest absolute Gasteiger partial charge is 0.493 e. The summed E-state index contributed by atoms with van der Waals surface area (Å²) in [5, 5.41) is 0. The summed E-state index contributed by atoms with van der Waals surface area (Å²) in [6, 6.07) is 4.35. The summed E-state index contributed by atoms with van der Waals surface area (Å²) in [7, 11) is -4.37. The van der Waals surface area contributed by atoms with Gasteiger partial charge < -0.3 is 9.47 Å².